The number of piperidine rings is 1. The van der Waals surface area contributed by atoms with Crippen LogP contribution in [0, 0.1) is 11.7 Å². The number of aldehydes is 1. The van der Waals surface area contributed by atoms with Gasteiger partial charge in [-0.05, 0) is 80.2 Å². The van der Waals surface area contributed by atoms with Gasteiger partial charge in [0.15, 0.2) is 12.5 Å². The van der Waals surface area contributed by atoms with Crippen molar-refractivity contribution in [1.29, 1.82) is 0 Å². The number of halogens is 1. The normalized spacial score (nSPS) is 23.4. The molecule has 5 nitrogen and oxygen atoms in total. The standard InChI is InChI=1S/C23H27FN2O3/c24-19-3-1-17(2-4-19)13-18-9-11-25(12-10-18)14-22-15-26(23(16-27)29-22)20-5-7-21(28)8-6-20/h1-8,16,18,22-23,28H,9-15H2. The van der Waals surface area contributed by atoms with Gasteiger partial charge in [-0.1, -0.05) is 12.1 Å². The summed E-state index contributed by atoms with van der Waals surface area (Å²) in [6.45, 7) is 3.49. The first kappa shape index (κ1) is 19.9. The second-order valence-corrected chi connectivity index (χ2v) is 8.03. The number of carbonyl (C=O) groups is 1. The van der Waals surface area contributed by atoms with Crippen molar-refractivity contribution in [2.45, 2.75) is 31.6 Å². The van der Waals surface area contributed by atoms with Gasteiger partial charge in [-0.15, -0.1) is 0 Å². The van der Waals surface area contributed by atoms with Crippen molar-refractivity contribution in [3.8, 4) is 5.75 Å². The number of hydrogen-bond acceptors (Lipinski definition) is 5. The van der Waals surface area contributed by atoms with Crippen LogP contribution in [0.1, 0.15) is 18.4 Å². The molecule has 154 valence electrons. The zero-order valence-electron chi connectivity index (χ0n) is 16.4. The van der Waals surface area contributed by atoms with Gasteiger partial charge in [-0.2, -0.15) is 0 Å². The fraction of sp³-hybridized carbons (Fsp3) is 0.435. The van der Waals surface area contributed by atoms with Gasteiger partial charge in [0.2, 0.25) is 0 Å². The Morgan fingerprint density at radius 1 is 1.07 bits per heavy atom. The van der Waals surface area contributed by atoms with Crippen LogP contribution in [0.25, 0.3) is 0 Å². The van der Waals surface area contributed by atoms with Crippen molar-refractivity contribution in [2.75, 3.05) is 31.1 Å². The van der Waals surface area contributed by atoms with Gasteiger partial charge in [-0.25, -0.2) is 4.39 Å². The van der Waals surface area contributed by atoms with Crippen LogP contribution in [0.4, 0.5) is 10.1 Å². The summed E-state index contributed by atoms with van der Waals surface area (Å²) in [6.07, 6.45) is 3.46. The molecule has 2 heterocycles. The van der Waals surface area contributed by atoms with Crippen molar-refractivity contribution < 1.29 is 19.0 Å². The summed E-state index contributed by atoms with van der Waals surface area (Å²) in [6, 6.07) is 13.7. The fourth-order valence-corrected chi connectivity index (χ4v) is 4.35. The molecule has 0 bridgehead atoms. The van der Waals surface area contributed by atoms with Crippen LogP contribution in [-0.4, -0.2) is 54.8 Å². The third-order valence-corrected chi connectivity index (χ3v) is 5.94. The van der Waals surface area contributed by atoms with E-state index in [0.717, 1.165) is 50.9 Å². The number of phenols is 1. The number of aromatic hydroxyl groups is 1. The molecule has 2 aliphatic rings. The van der Waals surface area contributed by atoms with Crippen LogP contribution in [-0.2, 0) is 16.0 Å². The molecule has 0 radical (unpaired) electrons. The molecule has 0 aromatic heterocycles. The Kier molecular flexibility index (Phi) is 6.11. The molecule has 2 atom stereocenters. The zero-order chi connectivity index (χ0) is 20.2. The summed E-state index contributed by atoms with van der Waals surface area (Å²) in [7, 11) is 0. The molecule has 2 saturated heterocycles. The van der Waals surface area contributed by atoms with E-state index in [9.17, 15) is 14.3 Å². The largest absolute Gasteiger partial charge is 0.508 e. The Balaban J connectivity index is 1.27. The summed E-state index contributed by atoms with van der Waals surface area (Å²) >= 11 is 0. The maximum Gasteiger partial charge on any atom is 0.187 e. The van der Waals surface area contributed by atoms with E-state index in [0.29, 0.717) is 12.5 Å². The second-order valence-electron chi connectivity index (χ2n) is 8.03. The zero-order valence-corrected chi connectivity index (χ0v) is 16.4. The topological polar surface area (TPSA) is 53.0 Å². The number of carbonyl (C=O) groups excluding carboxylic acids is 1. The van der Waals surface area contributed by atoms with E-state index in [2.05, 4.69) is 4.90 Å². The quantitative estimate of drug-likeness (QED) is 0.758. The molecule has 0 saturated carbocycles. The van der Waals surface area contributed by atoms with E-state index in [1.54, 1.807) is 24.3 Å². The summed E-state index contributed by atoms with van der Waals surface area (Å²) in [4.78, 5) is 15.8. The van der Waals surface area contributed by atoms with E-state index in [1.807, 2.05) is 17.0 Å². The predicted molar refractivity (Wildman–Crippen MR) is 109 cm³/mol. The van der Waals surface area contributed by atoms with Gasteiger partial charge in [0.05, 0.1) is 6.10 Å². The minimum atomic E-state index is -0.583. The summed E-state index contributed by atoms with van der Waals surface area (Å²) in [5.74, 6) is 0.643. The number of anilines is 1. The van der Waals surface area contributed by atoms with Crippen LogP contribution < -0.4 is 4.90 Å². The summed E-state index contributed by atoms with van der Waals surface area (Å²) < 4.78 is 19.0. The first-order chi connectivity index (χ1) is 14.1. The van der Waals surface area contributed by atoms with Gasteiger partial charge >= 0.3 is 0 Å². The highest BCUT2D eigenvalue weighted by Crippen LogP contribution is 2.27. The molecule has 2 aliphatic heterocycles. The van der Waals surface area contributed by atoms with Crippen molar-refractivity contribution in [3.05, 3.63) is 59.9 Å². The van der Waals surface area contributed by atoms with Crippen LogP contribution in [0.5, 0.6) is 5.75 Å². The minimum Gasteiger partial charge on any atom is -0.508 e. The van der Waals surface area contributed by atoms with E-state index in [4.69, 9.17) is 4.74 Å². The van der Waals surface area contributed by atoms with Gasteiger partial charge in [-0.3, -0.25) is 4.79 Å². The fourth-order valence-electron chi connectivity index (χ4n) is 4.35. The van der Waals surface area contributed by atoms with Crippen LogP contribution in [0.15, 0.2) is 48.5 Å². The van der Waals surface area contributed by atoms with E-state index in [1.165, 1.54) is 17.7 Å². The third kappa shape index (κ3) is 4.95. The highest BCUT2D eigenvalue weighted by Gasteiger charge is 2.34. The number of likely N-dealkylation sites (tertiary alicyclic amines) is 1. The molecule has 2 aromatic rings. The van der Waals surface area contributed by atoms with Gasteiger partial charge in [0.1, 0.15) is 11.6 Å². The van der Waals surface area contributed by atoms with Crippen molar-refractivity contribution in [1.82, 2.24) is 4.90 Å². The number of hydrogen-bond donors (Lipinski definition) is 1. The number of benzene rings is 2. The number of ether oxygens (including phenoxy) is 1. The molecule has 0 aliphatic carbocycles. The van der Waals surface area contributed by atoms with Crippen LogP contribution in [0.3, 0.4) is 0 Å². The Morgan fingerprint density at radius 2 is 1.76 bits per heavy atom. The third-order valence-electron chi connectivity index (χ3n) is 5.94. The lowest BCUT2D eigenvalue weighted by molar-refractivity contribution is -0.117. The average molecular weight is 398 g/mol. The molecular weight excluding hydrogens is 371 g/mol. The van der Waals surface area contributed by atoms with Crippen LogP contribution >= 0.6 is 0 Å². The molecule has 0 amide bonds. The Bertz CT molecular complexity index is 804. The molecule has 1 N–H and O–H groups in total. The smallest absolute Gasteiger partial charge is 0.187 e. The minimum absolute atomic E-state index is 0.0207. The molecule has 2 fully saturated rings. The van der Waals surface area contributed by atoms with Crippen LogP contribution in [0.2, 0.25) is 0 Å². The van der Waals surface area contributed by atoms with Gasteiger partial charge in [0, 0.05) is 18.8 Å². The Morgan fingerprint density at radius 3 is 2.41 bits per heavy atom. The van der Waals surface area contributed by atoms with E-state index in [-0.39, 0.29) is 17.7 Å². The molecule has 29 heavy (non-hydrogen) atoms. The lowest BCUT2D eigenvalue weighted by atomic mass is 9.90. The molecule has 0 spiro atoms. The Labute approximate surface area is 170 Å². The van der Waals surface area contributed by atoms with Gasteiger partial charge < -0.3 is 19.6 Å². The first-order valence-corrected chi connectivity index (χ1v) is 10.2. The SMILES string of the molecule is O=CC1OC(CN2CCC(Cc3ccc(F)cc3)CC2)CN1c1ccc(O)cc1. The number of phenolic OH excluding ortho intramolecular Hbond substituents is 1. The average Bonchev–Trinajstić information content (AvgIpc) is 3.14. The van der Waals surface area contributed by atoms with Crippen molar-refractivity contribution in [2.24, 2.45) is 5.92 Å². The Hall–Kier alpha value is -2.44. The lowest BCUT2D eigenvalue weighted by Gasteiger charge is -2.33. The van der Waals surface area contributed by atoms with Crippen molar-refractivity contribution in [3.63, 3.8) is 0 Å². The van der Waals surface area contributed by atoms with E-state index < -0.39 is 6.23 Å². The molecule has 4 rings (SSSR count). The number of nitrogens with zero attached hydrogens (tertiary/aromatic N) is 2. The maximum absolute atomic E-state index is 13.1. The maximum atomic E-state index is 13.1. The van der Waals surface area contributed by atoms with Crippen molar-refractivity contribution >= 4 is 12.0 Å². The van der Waals surface area contributed by atoms with E-state index >= 15 is 0 Å². The first-order valence-electron chi connectivity index (χ1n) is 10.2. The monoisotopic (exact) mass is 398 g/mol. The molecular formula is C23H27FN2O3. The molecule has 6 heteroatoms. The summed E-state index contributed by atoms with van der Waals surface area (Å²) in [5.41, 5.74) is 2.07. The molecule has 2 unspecified atom stereocenters. The van der Waals surface area contributed by atoms with Gasteiger partial charge in [0.25, 0.3) is 0 Å². The lowest BCUT2D eigenvalue weighted by Crippen LogP contribution is -2.40. The molecule has 2 aromatic carbocycles. The summed E-state index contributed by atoms with van der Waals surface area (Å²) in [5, 5.41) is 9.47. The number of rotatable bonds is 6. The predicted octanol–water partition coefficient (Wildman–Crippen LogP) is 3.22. The highest BCUT2D eigenvalue weighted by atomic mass is 19.1. The highest BCUT2D eigenvalue weighted by molar-refractivity contribution is 5.65. The second kappa shape index (κ2) is 8.93.